The molecule has 0 radical (unpaired) electrons. The first-order valence-electron chi connectivity index (χ1n) is 9.47. The first-order chi connectivity index (χ1) is 15.5. The maximum Gasteiger partial charge on any atom is 0.573 e. The minimum atomic E-state index is -4.84. The lowest BCUT2D eigenvalue weighted by Gasteiger charge is -2.12. The predicted molar refractivity (Wildman–Crippen MR) is 111 cm³/mol. The van der Waals surface area contributed by atoms with Gasteiger partial charge >= 0.3 is 6.36 Å². The molecule has 4 rings (SSSR count). The van der Waals surface area contributed by atoms with E-state index in [9.17, 15) is 31.2 Å². The zero-order chi connectivity index (χ0) is 23.8. The van der Waals surface area contributed by atoms with Crippen molar-refractivity contribution in [3.05, 3.63) is 83.4 Å². The minimum Gasteiger partial charge on any atom is -0.406 e. The van der Waals surface area contributed by atoms with Crippen LogP contribution in [0.15, 0.2) is 76.5 Å². The number of ether oxygens (including phenoxy) is 1. The lowest BCUT2D eigenvalue weighted by atomic mass is 10.1. The number of halogens is 3. The van der Waals surface area contributed by atoms with E-state index in [1.807, 2.05) is 0 Å². The molecule has 0 bridgehead atoms. The van der Waals surface area contributed by atoms with Gasteiger partial charge in [0.15, 0.2) is 0 Å². The molecule has 0 atom stereocenters. The molecule has 7 nitrogen and oxygen atoms in total. The van der Waals surface area contributed by atoms with E-state index in [0.29, 0.717) is 5.56 Å². The average molecular weight is 476 g/mol. The molecule has 33 heavy (non-hydrogen) atoms. The summed E-state index contributed by atoms with van der Waals surface area (Å²) in [5.74, 6) is -1.67. The summed E-state index contributed by atoms with van der Waals surface area (Å²) >= 11 is 0. The van der Waals surface area contributed by atoms with Crippen LogP contribution in [0, 0.1) is 0 Å². The van der Waals surface area contributed by atoms with Gasteiger partial charge in [-0.2, -0.15) is 0 Å². The second-order valence-corrected chi connectivity index (χ2v) is 8.93. The first-order valence-corrected chi connectivity index (χ1v) is 11.0. The topological polar surface area (TPSA) is 102 Å². The number of fused-ring (bicyclic) bond motifs is 2. The SMILES string of the molecule is O=C(NCc1cccc(OC(F)(F)F)c1)c1ccc2c(c1)NC(=O)c1ccccc1S2(=O)=O. The Morgan fingerprint density at radius 2 is 1.73 bits per heavy atom. The summed E-state index contributed by atoms with van der Waals surface area (Å²) in [7, 11) is -4.01. The number of sulfone groups is 1. The highest BCUT2D eigenvalue weighted by Gasteiger charge is 2.32. The lowest BCUT2D eigenvalue weighted by Crippen LogP contribution is -2.23. The number of rotatable bonds is 4. The molecular formula is C22H15F3N2O5S. The average Bonchev–Trinajstić information content (AvgIpc) is 2.84. The van der Waals surface area contributed by atoms with Crippen LogP contribution in [-0.2, 0) is 16.4 Å². The third-order valence-electron chi connectivity index (χ3n) is 4.79. The summed E-state index contributed by atoms with van der Waals surface area (Å²) in [5, 5.41) is 5.05. The summed E-state index contributed by atoms with van der Waals surface area (Å²) in [6.07, 6.45) is -4.84. The Morgan fingerprint density at radius 1 is 0.970 bits per heavy atom. The molecule has 1 aliphatic rings. The molecule has 3 aromatic rings. The summed E-state index contributed by atoms with van der Waals surface area (Å²) in [6.45, 7) is -0.110. The van der Waals surface area contributed by atoms with Gasteiger partial charge in [0, 0.05) is 12.1 Å². The highest BCUT2D eigenvalue weighted by Crippen LogP contribution is 2.34. The normalized spacial score (nSPS) is 14.3. The van der Waals surface area contributed by atoms with Gasteiger partial charge in [-0.25, -0.2) is 8.42 Å². The van der Waals surface area contributed by atoms with Gasteiger partial charge in [0.2, 0.25) is 9.84 Å². The number of hydrogen-bond acceptors (Lipinski definition) is 5. The largest absolute Gasteiger partial charge is 0.573 e. The number of nitrogens with one attached hydrogen (secondary N) is 2. The maximum atomic E-state index is 13.0. The van der Waals surface area contributed by atoms with Crippen LogP contribution in [0.4, 0.5) is 18.9 Å². The van der Waals surface area contributed by atoms with Gasteiger partial charge in [-0.05, 0) is 48.0 Å². The van der Waals surface area contributed by atoms with Crippen molar-refractivity contribution in [3.8, 4) is 5.75 Å². The quantitative estimate of drug-likeness (QED) is 0.595. The van der Waals surface area contributed by atoms with Crippen LogP contribution in [0.1, 0.15) is 26.3 Å². The number of carbonyl (C=O) groups is 2. The van der Waals surface area contributed by atoms with Gasteiger partial charge in [-0.1, -0.05) is 24.3 Å². The molecule has 0 aromatic heterocycles. The van der Waals surface area contributed by atoms with Gasteiger partial charge < -0.3 is 15.4 Å². The number of amides is 2. The monoisotopic (exact) mass is 476 g/mol. The molecule has 170 valence electrons. The molecule has 0 spiro atoms. The van der Waals surface area contributed by atoms with Crippen molar-refractivity contribution in [3.63, 3.8) is 0 Å². The second-order valence-electron chi connectivity index (χ2n) is 7.04. The van der Waals surface area contributed by atoms with Crippen LogP contribution in [0.5, 0.6) is 5.75 Å². The van der Waals surface area contributed by atoms with Gasteiger partial charge in [0.1, 0.15) is 5.75 Å². The van der Waals surface area contributed by atoms with Crippen LogP contribution >= 0.6 is 0 Å². The third-order valence-corrected chi connectivity index (χ3v) is 6.66. The predicted octanol–water partition coefficient (Wildman–Crippen LogP) is 3.91. The lowest BCUT2D eigenvalue weighted by molar-refractivity contribution is -0.274. The van der Waals surface area contributed by atoms with Crippen LogP contribution in [0.3, 0.4) is 0 Å². The van der Waals surface area contributed by atoms with E-state index in [0.717, 1.165) is 12.1 Å². The number of alkyl halides is 3. The van der Waals surface area contributed by atoms with E-state index in [1.165, 1.54) is 54.6 Å². The summed E-state index contributed by atoms with van der Waals surface area (Å²) < 4.78 is 67.0. The number of hydrogen-bond donors (Lipinski definition) is 2. The van der Waals surface area contributed by atoms with Crippen molar-refractivity contribution in [1.82, 2.24) is 5.32 Å². The molecule has 0 fully saturated rings. The van der Waals surface area contributed by atoms with Crippen molar-refractivity contribution in [2.75, 3.05) is 5.32 Å². The highest BCUT2D eigenvalue weighted by molar-refractivity contribution is 7.91. The van der Waals surface area contributed by atoms with E-state index < -0.39 is 33.8 Å². The molecule has 0 saturated heterocycles. The van der Waals surface area contributed by atoms with E-state index >= 15 is 0 Å². The Balaban J connectivity index is 1.55. The molecule has 0 saturated carbocycles. The molecule has 2 N–H and O–H groups in total. The Bertz CT molecular complexity index is 1370. The minimum absolute atomic E-state index is 0.0133. The van der Waals surface area contributed by atoms with E-state index in [4.69, 9.17) is 0 Å². The standard InChI is InChI=1S/C22H15F3N2O5S/c23-22(24,25)32-15-5-3-4-13(10-15)12-26-20(28)14-8-9-19-17(11-14)27-21(29)16-6-1-2-7-18(16)33(19,30)31/h1-11H,12H2,(H,26,28)(H,27,29). The maximum absolute atomic E-state index is 13.0. The number of anilines is 1. The fraction of sp³-hybridized carbons (Fsp3) is 0.0909. The Morgan fingerprint density at radius 3 is 2.48 bits per heavy atom. The van der Waals surface area contributed by atoms with Crippen molar-refractivity contribution >= 4 is 27.3 Å². The zero-order valence-corrected chi connectivity index (χ0v) is 17.5. The summed E-state index contributed by atoms with van der Waals surface area (Å²) in [4.78, 5) is 24.8. The van der Waals surface area contributed by atoms with Crippen LogP contribution in [0.25, 0.3) is 0 Å². The summed E-state index contributed by atoms with van der Waals surface area (Å²) in [5.41, 5.74) is 0.342. The molecule has 3 aromatic carbocycles. The third kappa shape index (κ3) is 4.67. The molecular weight excluding hydrogens is 461 g/mol. The number of benzene rings is 3. The fourth-order valence-electron chi connectivity index (χ4n) is 3.34. The van der Waals surface area contributed by atoms with Crippen molar-refractivity contribution in [2.45, 2.75) is 22.7 Å². The van der Waals surface area contributed by atoms with Gasteiger partial charge in [0.05, 0.1) is 21.0 Å². The van der Waals surface area contributed by atoms with E-state index in [1.54, 1.807) is 0 Å². The summed E-state index contributed by atoms with van der Waals surface area (Å²) in [6, 6.07) is 14.6. The van der Waals surface area contributed by atoms with E-state index in [-0.39, 0.29) is 33.2 Å². The smallest absolute Gasteiger partial charge is 0.406 e. The fourth-order valence-corrected chi connectivity index (χ4v) is 4.93. The van der Waals surface area contributed by atoms with Crippen molar-refractivity contribution in [1.29, 1.82) is 0 Å². The zero-order valence-electron chi connectivity index (χ0n) is 16.6. The first kappa shape index (κ1) is 22.3. The van der Waals surface area contributed by atoms with Crippen molar-refractivity contribution < 1.29 is 35.9 Å². The molecule has 0 aliphatic carbocycles. The second kappa shape index (κ2) is 8.24. The Kier molecular flexibility index (Phi) is 5.58. The highest BCUT2D eigenvalue weighted by atomic mass is 32.2. The van der Waals surface area contributed by atoms with E-state index in [2.05, 4.69) is 15.4 Å². The Labute approximate surface area is 186 Å². The van der Waals surface area contributed by atoms with Crippen LogP contribution in [-0.4, -0.2) is 26.6 Å². The molecule has 1 aliphatic heterocycles. The molecule has 2 amide bonds. The molecule has 1 heterocycles. The molecule has 0 unspecified atom stereocenters. The Hall–Kier alpha value is -3.86. The van der Waals surface area contributed by atoms with Crippen molar-refractivity contribution in [2.24, 2.45) is 0 Å². The number of carbonyl (C=O) groups excluding carboxylic acids is 2. The van der Waals surface area contributed by atoms with Crippen LogP contribution < -0.4 is 15.4 Å². The van der Waals surface area contributed by atoms with Gasteiger partial charge in [-0.15, -0.1) is 13.2 Å². The van der Waals surface area contributed by atoms with Gasteiger partial charge in [0.25, 0.3) is 11.8 Å². The van der Waals surface area contributed by atoms with Crippen LogP contribution in [0.2, 0.25) is 0 Å². The van der Waals surface area contributed by atoms with Gasteiger partial charge in [-0.3, -0.25) is 9.59 Å². The molecule has 11 heteroatoms.